The minimum absolute atomic E-state index is 0.334. The topological polar surface area (TPSA) is 34.4 Å². The first-order valence-electron chi connectivity index (χ1n) is 6.78. The van der Waals surface area contributed by atoms with Crippen molar-refractivity contribution in [1.82, 2.24) is 5.32 Å². The summed E-state index contributed by atoms with van der Waals surface area (Å²) in [5, 5.41) is 3.48. The fourth-order valence-corrected chi connectivity index (χ4v) is 2.47. The first-order valence-corrected chi connectivity index (χ1v) is 6.78. The highest BCUT2D eigenvalue weighted by atomic mass is 16.5. The van der Waals surface area contributed by atoms with Crippen molar-refractivity contribution in [2.24, 2.45) is 0 Å². The highest BCUT2D eigenvalue weighted by Gasteiger charge is 2.18. The van der Waals surface area contributed by atoms with Crippen molar-refractivity contribution in [3.63, 3.8) is 0 Å². The fraction of sp³-hybridized carbons (Fsp3) is 0.714. The van der Waals surface area contributed by atoms with Gasteiger partial charge in [-0.25, -0.2) is 0 Å². The van der Waals surface area contributed by atoms with Crippen LogP contribution in [-0.2, 0) is 4.74 Å². The summed E-state index contributed by atoms with van der Waals surface area (Å²) in [5.74, 6) is 1.04. The maximum absolute atomic E-state index is 5.77. The van der Waals surface area contributed by atoms with E-state index < -0.39 is 0 Å². The van der Waals surface area contributed by atoms with Crippen molar-refractivity contribution >= 4 is 0 Å². The molecule has 17 heavy (non-hydrogen) atoms. The molecule has 1 aliphatic rings. The molecule has 1 aromatic heterocycles. The van der Waals surface area contributed by atoms with Gasteiger partial charge in [0.2, 0.25) is 0 Å². The van der Waals surface area contributed by atoms with E-state index in [4.69, 9.17) is 9.15 Å². The molecule has 0 aliphatic carbocycles. The van der Waals surface area contributed by atoms with E-state index in [2.05, 4.69) is 18.3 Å². The van der Waals surface area contributed by atoms with Crippen LogP contribution in [0.1, 0.15) is 50.8 Å². The van der Waals surface area contributed by atoms with Crippen LogP contribution in [0, 0.1) is 0 Å². The lowest BCUT2D eigenvalue weighted by atomic mass is 10.0. The molecule has 0 bridgehead atoms. The van der Waals surface area contributed by atoms with Crippen LogP contribution in [0.15, 0.2) is 22.8 Å². The number of hydrogen-bond donors (Lipinski definition) is 1. The first-order chi connectivity index (χ1) is 8.40. The Labute approximate surface area is 104 Å². The van der Waals surface area contributed by atoms with Crippen molar-refractivity contribution < 1.29 is 9.15 Å². The number of rotatable bonds is 6. The SMILES string of the molecule is CCNC(CCC1CCCCO1)c1ccco1. The molecule has 96 valence electrons. The van der Waals surface area contributed by atoms with Crippen molar-refractivity contribution in [2.45, 2.75) is 51.2 Å². The second-order valence-electron chi connectivity index (χ2n) is 4.69. The second kappa shape index (κ2) is 6.82. The summed E-state index contributed by atoms with van der Waals surface area (Å²) in [6.07, 6.45) is 8.18. The van der Waals surface area contributed by atoms with E-state index in [1.807, 2.05) is 6.07 Å². The Morgan fingerprint density at radius 3 is 3.06 bits per heavy atom. The van der Waals surface area contributed by atoms with Crippen molar-refractivity contribution in [3.05, 3.63) is 24.2 Å². The van der Waals surface area contributed by atoms with Crippen LogP contribution in [0.5, 0.6) is 0 Å². The summed E-state index contributed by atoms with van der Waals surface area (Å²) in [5.41, 5.74) is 0. The van der Waals surface area contributed by atoms with Crippen LogP contribution in [-0.4, -0.2) is 19.3 Å². The van der Waals surface area contributed by atoms with Crippen LogP contribution < -0.4 is 5.32 Å². The molecule has 1 aliphatic heterocycles. The van der Waals surface area contributed by atoms with E-state index in [-0.39, 0.29) is 0 Å². The highest BCUT2D eigenvalue weighted by molar-refractivity contribution is 5.04. The van der Waals surface area contributed by atoms with Gasteiger partial charge in [0.05, 0.1) is 18.4 Å². The van der Waals surface area contributed by atoms with E-state index in [9.17, 15) is 0 Å². The van der Waals surface area contributed by atoms with Gasteiger partial charge in [-0.2, -0.15) is 0 Å². The Hall–Kier alpha value is -0.800. The predicted molar refractivity (Wildman–Crippen MR) is 68.0 cm³/mol. The number of nitrogens with one attached hydrogen (secondary N) is 1. The van der Waals surface area contributed by atoms with Gasteiger partial charge in [-0.1, -0.05) is 6.92 Å². The van der Waals surface area contributed by atoms with E-state index in [0.29, 0.717) is 12.1 Å². The minimum Gasteiger partial charge on any atom is -0.468 e. The Bertz CT molecular complexity index is 291. The molecule has 2 rings (SSSR count). The van der Waals surface area contributed by atoms with Gasteiger partial charge in [-0.05, 0) is 50.8 Å². The smallest absolute Gasteiger partial charge is 0.120 e. The van der Waals surface area contributed by atoms with Crippen molar-refractivity contribution in [2.75, 3.05) is 13.2 Å². The lowest BCUT2D eigenvalue weighted by Crippen LogP contribution is -2.24. The molecule has 3 nitrogen and oxygen atoms in total. The molecular formula is C14H23NO2. The van der Waals surface area contributed by atoms with Gasteiger partial charge in [0, 0.05) is 6.61 Å². The normalized spacial score (nSPS) is 22.5. The van der Waals surface area contributed by atoms with Crippen molar-refractivity contribution in [3.8, 4) is 0 Å². The van der Waals surface area contributed by atoms with E-state index >= 15 is 0 Å². The maximum atomic E-state index is 5.77. The predicted octanol–water partition coefficient (Wildman–Crippen LogP) is 3.28. The Balaban J connectivity index is 1.81. The minimum atomic E-state index is 0.334. The molecule has 0 amide bonds. The summed E-state index contributed by atoms with van der Waals surface area (Å²) in [4.78, 5) is 0. The molecule has 1 aromatic rings. The summed E-state index contributed by atoms with van der Waals surface area (Å²) < 4.78 is 11.3. The number of furan rings is 1. The molecule has 0 aromatic carbocycles. The average Bonchev–Trinajstić information content (AvgIpc) is 2.89. The van der Waals surface area contributed by atoms with Gasteiger partial charge in [0.25, 0.3) is 0 Å². The van der Waals surface area contributed by atoms with Gasteiger partial charge in [-0.3, -0.25) is 0 Å². The summed E-state index contributed by atoms with van der Waals surface area (Å²) >= 11 is 0. The second-order valence-corrected chi connectivity index (χ2v) is 4.69. The zero-order valence-electron chi connectivity index (χ0n) is 10.7. The van der Waals surface area contributed by atoms with Crippen LogP contribution in [0.4, 0.5) is 0 Å². The van der Waals surface area contributed by atoms with Crippen molar-refractivity contribution in [1.29, 1.82) is 0 Å². The molecule has 0 radical (unpaired) electrons. The van der Waals surface area contributed by atoms with Gasteiger partial charge in [0.15, 0.2) is 0 Å². The monoisotopic (exact) mass is 237 g/mol. The lowest BCUT2D eigenvalue weighted by Gasteiger charge is -2.24. The molecule has 0 saturated carbocycles. The quantitative estimate of drug-likeness (QED) is 0.824. The number of hydrogen-bond acceptors (Lipinski definition) is 3. The highest BCUT2D eigenvalue weighted by Crippen LogP contribution is 2.24. The largest absolute Gasteiger partial charge is 0.468 e. The van der Waals surface area contributed by atoms with Gasteiger partial charge < -0.3 is 14.5 Å². The molecular weight excluding hydrogens is 214 g/mol. The third-order valence-corrected chi connectivity index (χ3v) is 3.39. The van der Waals surface area contributed by atoms with Gasteiger partial charge >= 0.3 is 0 Å². The van der Waals surface area contributed by atoms with Crippen LogP contribution in [0.3, 0.4) is 0 Å². The van der Waals surface area contributed by atoms with Crippen LogP contribution in [0.25, 0.3) is 0 Å². The molecule has 2 heterocycles. The van der Waals surface area contributed by atoms with Gasteiger partial charge in [-0.15, -0.1) is 0 Å². The zero-order chi connectivity index (χ0) is 11.9. The van der Waals surface area contributed by atoms with E-state index in [1.54, 1.807) is 6.26 Å². The standard InChI is InChI=1S/C14H23NO2/c1-2-15-13(14-7-5-11-17-14)9-8-12-6-3-4-10-16-12/h5,7,11-13,15H,2-4,6,8-10H2,1H3. The first kappa shape index (κ1) is 12.7. The third kappa shape index (κ3) is 3.86. The molecule has 2 unspecified atom stereocenters. The molecule has 3 heteroatoms. The maximum Gasteiger partial charge on any atom is 0.120 e. The summed E-state index contributed by atoms with van der Waals surface area (Å²) in [6, 6.07) is 4.34. The third-order valence-electron chi connectivity index (χ3n) is 3.39. The van der Waals surface area contributed by atoms with Crippen LogP contribution in [0.2, 0.25) is 0 Å². The average molecular weight is 237 g/mol. The molecule has 0 spiro atoms. The zero-order valence-corrected chi connectivity index (χ0v) is 10.7. The van der Waals surface area contributed by atoms with E-state index in [0.717, 1.165) is 31.8 Å². The van der Waals surface area contributed by atoms with E-state index in [1.165, 1.54) is 19.3 Å². The molecule has 1 saturated heterocycles. The van der Waals surface area contributed by atoms with Gasteiger partial charge in [0.1, 0.15) is 5.76 Å². The Morgan fingerprint density at radius 2 is 2.41 bits per heavy atom. The Kier molecular flexibility index (Phi) is 5.08. The lowest BCUT2D eigenvalue weighted by molar-refractivity contribution is 0.00823. The molecule has 1 fully saturated rings. The van der Waals surface area contributed by atoms with Crippen LogP contribution >= 0.6 is 0 Å². The number of ether oxygens (including phenoxy) is 1. The molecule has 1 N–H and O–H groups in total. The fourth-order valence-electron chi connectivity index (χ4n) is 2.47. The molecule has 2 atom stereocenters. The summed E-state index contributed by atoms with van der Waals surface area (Å²) in [7, 11) is 0. The Morgan fingerprint density at radius 1 is 1.47 bits per heavy atom. The summed E-state index contributed by atoms with van der Waals surface area (Å²) in [6.45, 7) is 4.04.